The Morgan fingerprint density at radius 1 is 1.25 bits per heavy atom. The maximum atomic E-state index is 11.2. The van der Waals surface area contributed by atoms with Crippen molar-refractivity contribution in [2.75, 3.05) is 18.0 Å². The zero-order valence-electron chi connectivity index (χ0n) is 8.54. The predicted octanol–water partition coefficient (Wildman–Crippen LogP) is 3.19. The second-order valence-corrected chi connectivity index (χ2v) is 6.19. The minimum atomic E-state index is -0.835. The van der Waals surface area contributed by atoms with Gasteiger partial charge in [-0.3, -0.25) is 0 Å². The molecular weight excluding hydrogens is 432 g/mol. The number of anilines is 1. The summed E-state index contributed by atoms with van der Waals surface area (Å²) in [7, 11) is 0. The summed E-state index contributed by atoms with van der Waals surface area (Å²) in [6.07, 6.45) is 2.31. The molecular formula is C11H11I2NO2. The van der Waals surface area contributed by atoms with Crippen molar-refractivity contribution in [3.05, 3.63) is 24.8 Å². The summed E-state index contributed by atoms with van der Waals surface area (Å²) in [5.41, 5.74) is 1.32. The first-order valence-electron chi connectivity index (χ1n) is 5.07. The summed E-state index contributed by atoms with van der Waals surface area (Å²) in [5, 5.41) is 9.24. The van der Waals surface area contributed by atoms with Crippen molar-refractivity contribution in [3.8, 4) is 0 Å². The van der Waals surface area contributed by atoms with Crippen LogP contribution in [0, 0.1) is 7.14 Å². The van der Waals surface area contributed by atoms with Gasteiger partial charge < -0.3 is 10.0 Å². The summed E-state index contributed by atoms with van der Waals surface area (Å²) in [6.45, 7) is 1.94. The van der Waals surface area contributed by atoms with Crippen LogP contribution in [0.25, 0.3) is 0 Å². The van der Waals surface area contributed by atoms with Crippen molar-refractivity contribution in [2.24, 2.45) is 0 Å². The number of carboxylic acid groups (broad SMARTS) is 1. The Morgan fingerprint density at radius 3 is 2.44 bits per heavy atom. The van der Waals surface area contributed by atoms with Gasteiger partial charge in [0.05, 0.1) is 11.3 Å². The van der Waals surface area contributed by atoms with E-state index in [9.17, 15) is 9.90 Å². The molecule has 0 saturated carbocycles. The van der Waals surface area contributed by atoms with Crippen molar-refractivity contribution in [1.82, 2.24) is 0 Å². The highest BCUT2D eigenvalue weighted by Gasteiger charge is 2.22. The number of carboxylic acids is 1. The molecule has 1 fully saturated rings. The van der Waals surface area contributed by atoms with Crippen molar-refractivity contribution < 1.29 is 9.90 Å². The summed E-state index contributed by atoms with van der Waals surface area (Å²) in [5.74, 6) is -0.835. The molecule has 1 aliphatic heterocycles. The first-order chi connectivity index (χ1) is 7.59. The van der Waals surface area contributed by atoms with Crippen LogP contribution in [0.15, 0.2) is 12.1 Å². The van der Waals surface area contributed by atoms with Crippen LogP contribution in [0.5, 0.6) is 0 Å². The number of carbonyl (C=O) groups is 1. The molecule has 86 valence electrons. The SMILES string of the molecule is O=C(O)c1cc(I)cc(I)c1N1CCCC1. The van der Waals surface area contributed by atoms with Gasteiger partial charge in [-0.15, -0.1) is 0 Å². The molecule has 0 atom stereocenters. The molecule has 1 aromatic carbocycles. The van der Waals surface area contributed by atoms with Crippen LogP contribution >= 0.6 is 45.2 Å². The highest BCUT2D eigenvalue weighted by molar-refractivity contribution is 14.1. The molecule has 0 amide bonds. The summed E-state index contributed by atoms with van der Waals surface area (Å²) in [4.78, 5) is 13.4. The molecule has 16 heavy (non-hydrogen) atoms. The molecule has 0 aromatic heterocycles. The standard InChI is InChI=1S/C11H11I2NO2/c12-7-5-8(11(15)16)10(9(13)6-7)14-3-1-2-4-14/h5-6H,1-4H2,(H,15,16). The van der Waals surface area contributed by atoms with E-state index in [1.54, 1.807) is 6.07 Å². The largest absolute Gasteiger partial charge is 0.478 e. The van der Waals surface area contributed by atoms with Gasteiger partial charge in [0.2, 0.25) is 0 Å². The van der Waals surface area contributed by atoms with E-state index >= 15 is 0 Å². The van der Waals surface area contributed by atoms with Crippen molar-refractivity contribution in [1.29, 1.82) is 0 Å². The Kier molecular flexibility index (Phi) is 3.93. The third-order valence-corrected chi connectivity index (χ3v) is 4.13. The van der Waals surface area contributed by atoms with Crippen LogP contribution in [-0.4, -0.2) is 24.2 Å². The van der Waals surface area contributed by atoms with E-state index in [-0.39, 0.29) is 0 Å². The fraction of sp³-hybridized carbons (Fsp3) is 0.364. The smallest absolute Gasteiger partial charge is 0.337 e. The predicted molar refractivity (Wildman–Crippen MR) is 80.3 cm³/mol. The first-order valence-corrected chi connectivity index (χ1v) is 7.22. The molecule has 1 heterocycles. The molecule has 5 heteroatoms. The van der Waals surface area contributed by atoms with Gasteiger partial charge in [0.15, 0.2) is 0 Å². The van der Waals surface area contributed by atoms with Crippen LogP contribution in [0.2, 0.25) is 0 Å². The molecule has 1 N–H and O–H groups in total. The third kappa shape index (κ3) is 2.44. The normalized spacial score (nSPS) is 15.5. The topological polar surface area (TPSA) is 40.5 Å². The first kappa shape index (κ1) is 12.4. The molecule has 0 bridgehead atoms. The number of aromatic carboxylic acids is 1. The lowest BCUT2D eigenvalue weighted by Gasteiger charge is -2.21. The number of halogens is 2. The molecule has 0 unspecified atom stereocenters. The number of rotatable bonds is 2. The molecule has 0 radical (unpaired) electrons. The monoisotopic (exact) mass is 443 g/mol. The molecule has 1 aromatic rings. The van der Waals surface area contributed by atoms with Crippen LogP contribution in [-0.2, 0) is 0 Å². The molecule has 1 saturated heterocycles. The van der Waals surface area contributed by atoms with Crippen LogP contribution < -0.4 is 4.90 Å². The fourth-order valence-corrected chi connectivity index (χ4v) is 4.18. The molecule has 1 aliphatic rings. The van der Waals surface area contributed by atoms with Gasteiger partial charge >= 0.3 is 5.97 Å². The molecule has 3 nitrogen and oxygen atoms in total. The molecule has 2 rings (SSSR count). The van der Waals surface area contributed by atoms with Crippen LogP contribution in [0.4, 0.5) is 5.69 Å². The van der Waals surface area contributed by atoms with Crippen LogP contribution in [0.1, 0.15) is 23.2 Å². The number of nitrogens with zero attached hydrogens (tertiary/aromatic N) is 1. The zero-order valence-corrected chi connectivity index (χ0v) is 12.9. The Morgan fingerprint density at radius 2 is 1.88 bits per heavy atom. The number of benzene rings is 1. The lowest BCUT2D eigenvalue weighted by molar-refractivity contribution is 0.0697. The number of hydrogen-bond donors (Lipinski definition) is 1. The lowest BCUT2D eigenvalue weighted by atomic mass is 10.1. The fourth-order valence-electron chi connectivity index (χ4n) is 1.99. The van der Waals surface area contributed by atoms with Gasteiger partial charge in [0.25, 0.3) is 0 Å². The Bertz CT molecular complexity index is 428. The maximum Gasteiger partial charge on any atom is 0.337 e. The van der Waals surface area contributed by atoms with Crippen molar-refractivity contribution in [3.63, 3.8) is 0 Å². The lowest BCUT2D eigenvalue weighted by Crippen LogP contribution is -2.22. The van der Waals surface area contributed by atoms with E-state index < -0.39 is 5.97 Å². The van der Waals surface area contributed by atoms with Crippen molar-refractivity contribution >= 4 is 56.8 Å². The van der Waals surface area contributed by atoms with Gasteiger partial charge in [0, 0.05) is 20.2 Å². The van der Waals surface area contributed by atoms with E-state index in [1.807, 2.05) is 6.07 Å². The van der Waals surface area contributed by atoms with Gasteiger partial charge in [-0.25, -0.2) is 4.79 Å². The van der Waals surface area contributed by atoms with Gasteiger partial charge in [-0.1, -0.05) is 0 Å². The minimum Gasteiger partial charge on any atom is -0.478 e. The third-order valence-electron chi connectivity index (χ3n) is 2.68. The Hall–Kier alpha value is -0.0500. The van der Waals surface area contributed by atoms with E-state index in [4.69, 9.17) is 0 Å². The van der Waals surface area contributed by atoms with E-state index in [1.165, 1.54) is 0 Å². The highest BCUT2D eigenvalue weighted by Crippen LogP contribution is 2.31. The Labute approximate surface area is 121 Å². The van der Waals surface area contributed by atoms with Crippen LogP contribution in [0.3, 0.4) is 0 Å². The molecule has 0 aliphatic carbocycles. The number of hydrogen-bond acceptors (Lipinski definition) is 2. The summed E-state index contributed by atoms with van der Waals surface area (Å²) in [6, 6.07) is 3.78. The minimum absolute atomic E-state index is 0.429. The van der Waals surface area contributed by atoms with E-state index in [0.29, 0.717) is 5.56 Å². The Balaban J connectivity index is 2.52. The zero-order chi connectivity index (χ0) is 11.7. The van der Waals surface area contributed by atoms with E-state index in [2.05, 4.69) is 50.1 Å². The second kappa shape index (κ2) is 5.07. The van der Waals surface area contributed by atoms with E-state index in [0.717, 1.165) is 38.8 Å². The van der Waals surface area contributed by atoms with Gasteiger partial charge in [0.1, 0.15) is 0 Å². The maximum absolute atomic E-state index is 11.2. The van der Waals surface area contributed by atoms with Gasteiger partial charge in [-0.2, -0.15) is 0 Å². The average Bonchev–Trinajstić information content (AvgIpc) is 2.69. The quantitative estimate of drug-likeness (QED) is 0.715. The highest BCUT2D eigenvalue weighted by atomic mass is 127. The molecule has 0 spiro atoms. The second-order valence-electron chi connectivity index (χ2n) is 3.78. The summed E-state index contributed by atoms with van der Waals surface area (Å²) >= 11 is 4.38. The average molecular weight is 443 g/mol. The van der Waals surface area contributed by atoms with Gasteiger partial charge in [-0.05, 0) is 70.2 Å². The summed E-state index contributed by atoms with van der Waals surface area (Å²) < 4.78 is 2.01. The van der Waals surface area contributed by atoms with Crippen molar-refractivity contribution in [2.45, 2.75) is 12.8 Å².